The maximum atomic E-state index is 13.3. The van der Waals surface area contributed by atoms with Gasteiger partial charge in [-0.1, -0.05) is 0 Å². The SMILES string of the molecule is Cc1cc(F)cc(-c2c(C(=O)O)cnn2C)c1. The van der Waals surface area contributed by atoms with Crippen molar-refractivity contribution < 1.29 is 14.3 Å². The summed E-state index contributed by atoms with van der Waals surface area (Å²) in [7, 11) is 1.63. The van der Waals surface area contributed by atoms with E-state index in [1.807, 2.05) is 0 Å². The molecule has 0 amide bonds. The Morgan fingerprint density at radius 1 is 1.41 bits per heavy atom. The first-order chi connectivity index (χ1) is 7.99. The van der Waals surface area contributed by atoms with Crippen molar-refractivity contribution in [3.8, 4) is 11.3 Å². The van der Waals surface area contributed by atoms with Crippen LogP contribution in [0.25, 0.3) is 11.3 Å². The van der Waals surface area contributed by atoms with E-state index in [0.29, 0.717) is 11.3 Å². The summed E-state index contributed by atoms with van der Waals surface area (Å²) in [5.74, 6) is -1.47. The number of nitrogens with zero attached hydrogens (tertiary/aromatic N) is 2. The van der Waals surface area contributed by atoms with Gasteiger partial charge in [-0.2, -0.15) is 5.10 Å². The smallest absolute Gasteiger partial charge is 0.339 e. The second-order valence-corrected chi connectivity index (χ2v) is 3.85. The molecule has 2 aromatic rings. The number of aromatic carboxylic acids is 1. The molecular weight excluding hydrogens is 223 g/mol. The average molecular weight is 234 g/mol. The van der Waals surface area contributed by atoms with Gasteiger partial charge in [0.15, 0.2) is 0 Å². The lowest BCUT2D eigenvalue weighted by molar-refractivity contribution is 0.0697. The van der Waals surface area contributed by atoms with Gasteiger partial charge in [0, 0.05) is 12.6 Å². The lowest BCUT2D eigenvalue weighted by atomic mass is 10.1. The zero-order valence-electron chi connectivity index (χ0n) is 9.44. The largest absolute Gasteiger partial charge is 0.478 e. The van der Waals surface area contributed by atoms with E-state index in [1.54, 1.807) is 20.0 Å². The third kappa shape index (κ3) is 2.04. The van der Waals surface area contributed by atoms with Crippen LogP contribution in [0.5, 0.6) is 0 Å². The highest BCUT2D eigenvalue weighted by atomic mass is 19.1. The molecule has 0 bridgehead atoms. The minimum Gasteiger partial charge on any atom is -0.478 e. The number of benzene rings is 1. The standard InChI is InChI=1S/C12H11FN2O2/c1-7-3-8(5-9(13)4-7)11-10(12(16)17)6-14-15(11)2/h3-6H,1-2H3,(H,16,17). The number of aromatic nitrogens is 2. The molecule has 4 nitrogen and oxygen atoms in total. The first kappa shape index (κ1) is 11.3. The van der Waals surface area contributed by atoms with Crippen LogP contribution < -0.4 is 0 Å². The summed E-state index contributed by atoms with van der Waals surface area (Å²) < 4.78 is 14.7. The second-order valence-electron chi connectivity index (χ2n) is 3.85. The van der Waals surface area contributed by atoms with Crippen molar-refractivity contribution >= 4 is 5.97 Å². The fourth-order valence-corrected chi connectivity index (χ4v) is 1.81. The van der Waals surface area contributed by atoms with E-state index in [4.69, 9.17) is 5.11 Å². The molecule has 2 rings (SSSR count). The van der Waals surface area contributed by atoms with Gasteiger partial charge in [0.05, 0.1) is 11.9 Å². The summed E-state index contributed by atoms with van der Waals surface area (Å²) in [6, 6.07) is 4.42. The Morgan fingerprint density at radius 3 is 2.71 bits per heavy atom. The van der Waals surface area contributed by atoms with Crippen molar-refractivity contribution in [2.45, 2.75) is 6.92 Å². The molecule has 0 saturated heterocycles. The lowest BCUT2D eigenvalue weighted by Crippen LogP contribution is -2.01. The van der Waals surface area contributed by atoms with Crippen molar-refractivity contribution in [1.82, 2.24) is 9.78 Å². The Morgan fingerprint density at radius 2 is 2.12 bits per heavy atom. The van der Waals surface area contributed by atoms with E-state index in [-0.39, 0.29) is 5.56 Å². The van der Waals surface area contributed by atoms with Crippen LogP contribution in [-0.2, 0) is 7.05 Å². The van der Waals surface area contributed by atoms with Gasteiger partial charge < -0.3 is 5.11 Å². The predicted octanol–water partition coefficient (Wildman–Crippen LogP) is 2.23. The summed E-state index contributed by atoms with van der Waals surface area (Å²) in [6.07, 6.45) is 1.26. The summed E-state index contributed by atoms with van der Waals surface area (Å²) in [5.41, 5.74) is 1.72. The maximum Gasteiger partial charge on any atom is 0.339 e. The summed E-state index contributed by atoms with van der Waals surface area (Å²) in [5, 5.41) is 12.9. The van der Waals surface area contributed by atoms with Crippen LogP contribution in [0.15, 0.2) is 24.4 Å². The fraction of sp³-hybridized carbons (Fsp3) is 0.167. The highest BCUT2D eigenvalue weighted by Crippen LogP contribution is 2.25. The number of hydrogen-bond donors (Lipinski definition) is 1. The molecule has 0 fully saturated rings. The lowest BCUT2D eigenvalue weighted by Gasteiger charge is -2.05. The van der Waals surface area contributed by atoms with Gasteiger partial charge in [-0.25, -0.2) is 9.18 Å². The van der Waals surface area contributed by atoms with Crippen LogP contribution in [0.1, 0.15) is 15.9 Å². The minimum absolute atomic E-state index is 0.0671. The molecule has 0 aliphatic carbocycles. The van der Waals surface area contributed by atoms with Crippen LogP contribution in [0.3, 0.4) is 0 Å². The molecule has 17 heavy (non-hydrogen) atoms. The quantitative estimate of drug-likeness (QED) is 0.866. The van der Waals surface area contributed by atoms with E-state index in [1.165, 1.54) is 23.0 Å². The second kappa shape index (κ2) is 4.01. The van der Waals surface area contributed by atoms with E-state index < -0.39 is 11.8 Å². The Labute approximate surface area is 97.3 Å². The molecule has 1 heterocycles. The molecule has 0 saturated carbocycles. The van der Waals surface area contributed by atoms with E-state index in [2.05, 4.69) is 5.10 Å². The zero-order chi connectivity index (χ0) is 12.6. The summed E-state index contributed by atoms with van der Waals surface area (Å²) in [6.45, 7) is 1.75. The molecule has 0 spiro atoms. The minimum atomic E-state index is -1.07. The number of carbonyl (C=O) groups is 1. The van der Waals surface area contributed by atoms with Crippen LogP contribution in [0.2, 0.25) is 0 Å². The van der Waals surface area contributed by atoms with Crippen molar-refractivity contribution in [3.05, 3.63) is 41.3 Å². The number of hydrogen-bond acceptors (Lipinski definition) is 2. The highest BCUT2D eigenvalue weighted by Gasteiger charge is 2.17. The molecule has 1 aromatic heterocycles. The average Bonchev–Trinajstić information content (AvgIpc) is 2.58. The molecule has 1 aromatic carbocycles. The van der Waals surface area contributed by atoms with Gasteiger partial charge in [-0.05, 0) is 30.7 Å². The molecule has 88 valence electrons. The maximum absolute atomic E-state index is 13.3. The molecule has 5 heteroatoms. The highest BCUT2D eigenvalue weighted by molar-refractivity contribution is 5.94. The molecule has 0 radical (unpaired) electrons. The first-order valence-corrected chi connectivity index (χ1v) is 5.02. The monoisotopic (exact) mass is 234 g/mol. The Kier molecular flexibility index (Phi) is 2.67. The van der Waals surface area contributed by atoms with Crippen molar-refractivity contribution in [2.75, 3.05) is 0 Å². The van der Waals surface area contributed by atoms with Crippen molar-refractivity contribution in [3.63, 3.8) is 0 Å². The van der Waals surface area contributed by atoms with Crippen LogP contribution >= 0.6 is 0 Å². The predicted molar refractivity (Wildman–Crippen MR) is 60.3 cm³/mol. The van der Waals surface area contributed by atoms with E-state index >= 15 is 0 Å². The number of carboxylic acid groups (broad SMARTS) is 1. The molecule has 0 atom stereocenters. The number of halogens is 1. The van der Waals surface area contributed by atoms with Gasteiger partial charge in [-0.3, -0.25) is 4.68 Å². The van der Waals surface area contributed by atoms with Crippen molar-refractivity contribution in [1.29, 1.82) is 0 Å². The van der Waals surface area contributed by atoms with E-state index in [9.17, 15) is 9.18 Å². The summed E-state index contributed by atoms with van der Waals surface area (Å²) >= 11 is 0. The third-order valence-electron chi connectivity index (χ3n) is 2.48. The van der Waals surface area contributed by atoms with Crippen molar-refractivity contribution in [2.24, 2.45) is 7.05 Å². The first-order valence-electron chi connectivity index (χ1n) is 5.02. The normalized spacial score (nSPS) is 10.5. The number of aryl methyl sites for hydroxylation is 2. The van der Waals surface area contributed by atoms with Gasteiger partial charge >= 0.3 is 5.97 Å². The van der Waals surface area contributed by atoms with Gasteiger partial charge in [-0.15, -0.1) is 0 Å². The van der Waals surface area contributed by atoms with Crippen LogP contribution in [-0.4, -0.2) is 20.9 Å². The Bertz CT molecular complexity index is 570. The third-order valence-corrected chi connectivity index (χ3v) is 2.48. The summed E-state index contributed by atoms with van der Waals surface area (Å²) in [4.78, 5) is 11.0. The Balaban J connectivity index is 2.67. The number of carboxylic acids is 1. The Hall–Kier alpha value is -2.17. The molecule has 0 aliphatic heterocycles. The van der Waals surface area contributed by atoms with E-state index in [0.717, 1.165) is 5.56 Å². The molecular formula is C12H11FN2O2. The molecule has 0 unspecified atom stereocenters. The zero-order valence-corrected chi connectivity index (χ0v) is 9.44. The van der Waals surface area contributed by atoms with Gasteiger partial charge in [0.2, 0.25) is 0 Å². The molecule has 0 aliphatic rings. The van der Waals surface area contributed by atoms with Gasteiger partial charge in [0.1, 0.15) is 11.4 Å². The number of rotatable bonds is 2. The fourth-order valence-electron chi connectivity index (χ4n) is 1.81. The molecule has 1 N–H and O–H groups in total. The topological polar surface area (TPSA) is 55.1 Å². The van der Waals surface area contributed by atoms with Crippen LogP contribution in [0.4, 0.5) is 4.39 Å². The van der Waals surface area contributed by atoms with Gasteiger partial charge in [0.25, 0.3) is 0 Å². The van der Waals surface area contributed by atoms with Crippen LogP contribution in [0, 0.1) is 12.7 Å².